The summed E-state index contributed by atoms with van der Waals surface area (Å²) in [7, 11) is 3.38. The fraction of sp³-hybridized carbons (Fsp3) is 0.562. The summed E-state index contributed by atoms with van der Waals surface area (Å²) < 4.78 is 13.3. The normalized spacial score (nSPS) is 14.3. The van der Waals surface area contributed by atoms with Crippen molar-refractivity contribution < 1.29 is 14.0 Å². The maximum Gasteiger partial charge on any atom is 0.180 e. The van der Waals surface area contributed by atoms with Crippen LogP contribution in [0.15, 0.2) is 12.1 Å². The van der Waals surface area contributed by atoms with Crippen molar-refractivity contribution in [3.05, 3.63) is 23.3 Å². The number of methoxy groups -OCH3 is 2. The van der Waals surface area contributed by atoms with Gasteiger partial charge in [-0.2, -0.15) is 0 Å². The molecule has 0 atom stereocenters. The second-order valence-electron chi connectivity index (χ2n) is 5.04. The first-order valence-electron chi connectivity index (χ1n) is 7.05. The molecule has 0 unspecified atom stereocenters. The maximum atomic E-state index is 5.41. The van der Waals surface area contributed by atoms with Crippen LogP contribution in [0.3, 0.4) is 0 Å². The number of nitrogens with zero attached hydrogens (tertiary/aromatic N) is 1. The Morgan fingerprint density at radius 3 is 2.47 bits per heavy atom. The molecule has 1 aliphatic heterocycles. The van der Waals surface area contributed by atoms with Crippen LogP contribution in [-0.4, -0.2) is 37.6 Å². The van der Waals surface area contributed by atoms with Gasteiger partial charge in [-0.15, -0.1) is 0 Å². The summed E-state index contributed by atoms with van der Waals surface area (Å²) >= 11 is 0. The van der Waals surface area contributed by atoms with Crippen LogP contribution in [0.4, 0.5) is 0 Å². The number of fused-ring (bicyclic) bond motifs is 1. The van der Waals surface area contributed by atoms with Crippen molar-refractivity contribution in [2.45, 2.75) is 33.1 Å². The molecule has 0 aromatic heterocycles. The zero-order valence-corrected chi connectivity index (χ0v) is 12.5. The Morgan fingerprint density at radius 1 is 1.16 bits per heavy atom. The third kappa shape index (κ3) is 2.75. The highest BCUT2D eigenvalue weighted by Crippen LogP contribution is 2.32. The maximum absolute atomic E-state index is 5.41. The van der Waals surface area contributed by atoms with Gasteiger partial charge in [-0.3, -0.25) is 0 Å². The second kappa shape index (κ2) is 6.09. The van der Waals surface area contributed by atoms with E-state index in [1.54, 1.807) is 14.2 Å². The molecule has 0 spiro atoms. The topological polar surface area (TPSA) is 21.5 Å². The summed E-state index contributed by atoms with van der Waals surface area (Å²) in [5.74, 6) is 1.65. The summed E-state index contributed by atoms with van der Waals surface area (Å²) in [5.41, 5.74) is 4.03. The lowest BCUT2D eigenvalue weighted by atomic mass is 9.96. The SMILES string of the molecule is CCCC[N+]1=C(C)c2cc(OC)c(OC)cc2CC1. The van der Waals surface area contributed by atoms with Gasteiger partial charge in [0.2, 0.25) is 0 Å². The van der Waals surface area contributed by atoms with Crippen molar-refractivity contribution >= 4 is 5.71 Å². The molecule has 1 heterocycles. The van der Waals surface area contributed by atoms with Crippen LogP contribution in [0, 0.1) is 0 Å². The summed E-state index contributed by atoms with van der Waals surface area (Å²) in [6, 6.07) is 4.23. The molecule has 0 amide bonds. The van der Waals surface area contributed by atoms with Crippen LogP contribution in [0.5, 0.6) is 11.5 Å². The highest BCUT2D eigenvalue weighted by molar-refractivity contribution is 5.97. The van der Waals surface area contributed by atoms with Gasteiger partial charge >= 0.3 is 0 Å². The van der Waals surface area contributed by atoms with Gasteiger partial charge in [0.05, 0.1) is 14.2 Å². The Hall–Kier alpha value is -1.51. The van der Waals surface area contributed by atoms with E-state index in [0.717, 1.165) is 31.0 Å². The van der Waals surface area contributed by atoms with Crippen molar-refractivity contribution in [2.24, 2.45) is 0 Å². The minimum Gasteiger partial charge on any atom is -0.493 e. The van der Waals surface area contributed by atoms with Crippen molar-refractivity contribution in [3.8, 4) is 11.5 Å². The molecule has 0 radical (unpaired) electrons. The third-order valence-electron chi connectivity index (χ3n) is 3.91. The van der Waals surface area contributed by atoms with Gasteiger partial charge < -0.3 is 9.47 Å². The van der Waals surface area contributed by atoms with E-state index in [1.165, 1.54) is 29.7 Å². The number of ether oxygens (including phenoxy) is 2. The Kier molecular flexibility index (Phi) is 4.46. The number of benzene rings is 1. The van der Waals surface area contributed by atoms with Crippen LogP contribution in [0.2, 0.25) is 0 Å². The monoisotopic (exact) mass is 262 g/mol. The molecule has 1 aromatic rings. The average molecular weight is 262 g/mol. The lowest BCUT2D eigenvalue weighted by Crippen LogP contribution is -2.29. The van der Waals surface area contributed by atoms with Crippen LogP contribution in [-0.2, 0) is 6.42 Å². The molecule has 0 bridgehead atoms. The molecule has 0 N–H and O–H groups in total. The fourth-order valence-corrected chi connectivity index (χ4v) is 2.69. The van der Waals surface area contributed by atoms with E-state index in [1.807, 2.05) is 0 Å². The summed E-state index contributed by atoms with van der Waals surface area (Å²) in [4.78, 5) is 0. The van der Waals surface area contributed by atoms with Crippen LogP contribution in [0.1, 0.15) is 37.8 Å². The largest absolute Gasteiger partial charge is 0.493 e. The lowest BCUT2D eigenvalue weighted by Gasteiger charge is -2.19. The first-order valence-corrected chi connectivity index (χ1v) is 7.05. The van der Waals surface area contributed by atoms with E-state index >= 15 is 0 Å². The predicted molar refractivity (Wildman–Crippen MR) is 77.9 cm³/mol. The Morgan fingerprint density at radius 2 is 1.84 bits per heavy atom. The zero-order valence-electron chi connectivity index (χ0n) is 12.5. The van der Waals surface area contributed by atoms with Gasteiger partial charge in [-0.25, -0.2) is 4.58 Å². The van der Waals surface area contributed by atoms with Gasteiger partial charge in [0.25, 0.3) is 0 Å². The molecule has 3 nitrogen and oxygen atoms in total. The van der Waals surface area contributed by atoms with Gasteiger partial charge in [0, 0.05) is 25.3 Å². The van der Waals surface area contributed by atoms with E-state index in [-0.39, 0.29) is 0 Å². The van der Waals surface area contributed by atoms with E-state index < -0.39 is 0 Å². The van der Waals surface area contributed by atoms with Crippen molar-refractivity contribution in [1.82, 2.24) is 0 Å². The molecule has 0 aliphatic carbocycles. The number of hydrogen-bond donors (Lipinski definition) is 0. The average Bonchev–Trinajstić information content (AvgIpc) is 2.45. The molecule has 1 aliphatic rings. The quantitative estimate of drug-likeness (QED) is 0.761. The van der Waals surface area contributed by atoms with E-state index in [4.69, 9.17) is 9.47 Å². The third-order valence-corrected chi connectivity index (χ3v) is 3.91. The molecule has 0 saturated carbocycles. The van der Waals surface area contributed by atoms with Crippen LogP contribution in [0.25, 0.3) is 0 Å². The standard InChI is InChI=1S/C16H24NO2/c1-5-6-8-17-9-7-13-10-15(18-3)16(19-4)11-14(13)12(17)2/h10-11H,5-9H2,1-4H3/q+1. The van der Waals surface area contributed by atoms with Crippen LogP contribution >= 0.6 is 0 Å². The highest BCUT2D eigenvalue weighted by Gasteiger charge is 2.24. The Bertz CT molecular complexity index is 492. The van der Waals surface area contributed by atoms with Gasteiger partial charge in [0.1, 0.15) is 13.1 Å². The number of hydrogen-bond acceptors (Lipinski definition) is 2. The zero-order chi connectivity index (χ0) is 13.8. The Balaban J connectivity index is 2.40. The first kappa shape index (κ1) is 13.9. The summed E-state index contributed by atoms with van der Waals surface area (Å²) in [6.45, 7) is 6.70. The fourth-order valence-electron chi connectivity index (χ4n) is 2.69. The molecule has 3 heteroatoms. The molecule has 0 saturated heterocycles. The molecular weight excluding hydrogens is 238 g/mol. The van der Waals surface area contributed by atoms with E-state index in [2.05, 4.69) is 30.6 Å². The smallest absolute Gasteiger partial charge is 0.180 e. The first-order chi connectivity index (χ1) is 9.21. The summed E-state index contributed by atoms with van der Waals surface area (Å²) in [6.07, 6.45) is 3.57. The lowest BCUT2D eigenvalue weighted by molar-refractivity contribution is -0.529. The van der Waals surface area contributed by atoms with Crippen molar-refractivity contribution in [1.29, 1.82) is 0 Å². The van der Waals surface area contributed by atoms with Crippen molar-refractivity contribution in [2.75, 3.05) is 27.3 Å². The molecule has 104 valence electrons. The molecule has 1 aromatic carbocycles. The van der Waals surface area contributed by atoms with Crippen molar-refractivity contribution in [3.63, 3.8) is 0 Å². The van der Waals surface area contributed by atoms with Gasteiger partial charge in [-0.05, 0) is 17.7 Å². The van der Waals surface area contributed by atoms with Gasteiger partial charge in [0.15, 0.2) is 17.2 Å². The molecule has 0 fully saturated rings. The minimum absolute atomic E-state index is 0.818. The second-order valence-corrected chi connectivity index (χ2v) is 5.04. The molecule has 2 rings (SSSR count). The number of unbranched alkanes of at least 4 members (excludes halogenated alkanes) is 1. The molecule has 19 heavy (non-hydrogen) atoms. The highest BCUT2D eigenvalue weighted by atomic mass is 16.5. The predicted octanol–water partition coefficient (Wildman–Crippen LogP) is 2.88. The minimum atomic E-state index is 0.818. The van der Waals surface area contributed by atoms with E-state index in [9.17, 15) is 0 Å². The molecular formula is C16H24NO2+. The van der Waals surface area contributed by atoms with Gasteiger partial charge in [-0.1, -0.05) is 13.3 Å². The summed E-state index contributed by atoms with van der Waals surface area (Å²) in [5, 5.41) is 0. The van der Waals surface area contributed by atoms with E-state index in [0.29, 0.717) is 0 Å². The number of rotatable bonds is 5. The Labute approximate surface area is 115 Å². The van der Waals surface area contributed by atoms with Crippen LogP contribution < -0.4 is 9.47 Å².